The predicted octanol–water partition coefficient (Wildman–Crippen LogP) is 4.04. The number of nitrogens with one attached hydrogen (secondary N) is 1. The minimum atomic E-state index is -0.234. The van der Waals surface area contributed by atoms with E-state index in [4.69, 9.17) is 5.73 Å². The average Bonchev–Trinajstić information content (AvgIpc) is 2.65. The Morgan fingerprint density at radius 1 is 1.50 bits per heavy atom. The monoisotopic (exact) mass is 314 g/mol. The molecule has 1 saturated carbocycles. The first-order chi connectivity index (χ1) is 8.43. The largest absolute Gasteiger partial charge is 0.380 e. The Bertz CT molecular complexity index is 446. The molecule has 1 aromatic rings. The summed E-state index contributed by atoms with van der Waals surface area (Å²) in [5.74, 6) is -0.234. The summed E-state index contributed by atoms with van der Waals surface area (Å²) in [5, 5.41) is 3.31. The summed E-state index contributed by atoms with van der Waals surface area (Å²) in [4.78, 5) is 0. The first kappa shape index (κ1) is 13.8. The van der Waals surface area contributed by atoms with Crippen molar-refractivity contribution in [1.82, 2.24) is 0 Å². The van der Waals surface area contributed by atoms with Crippen molar-refractivity contribution in [3.05, 3.63) is 28.0 Å². The van der Waals surface area contributed by atoms with Gasteiger partial charge < -0.3 is 11.1 Å². The molecule has 2 nitrogen and oxygen atoms in total. The second kappa shape index (κ2) is 5.17. The maximum Gasteiger partial charge on any atom is 0.160 e. The Hall–Kier alpha value is -0.610. The van der Waals surface area contributed by atoms with E-state index in [-0.39, 0.29) is 5.82 Å². The van der Waals surface area contributed by atoms with Crippen LogP contribution in [0.1, 0.15) is 38.7 Å². The van der Waals surface area contributed by atoms with E-state index in [2.05, 4.69) is 35.1 Å². The first-order valence-corrected chi connectivity index (χ1v) is 7.16. The number of benzene rings is 1. The number of hydrogen-bond donors (Lipinski definition) is 2. The quantitative estimate of drug-likeness (QED) is 0.883. The Morgan fingerprint density at radius 2 is 2.22 bits per heavy atom. The summed E-state index contributed by atoms with van der Waals surface area (Å²) in [5.41, 5.74) is 7.28. The number of rotatable bonds is 3. The van der Waals surface area contributed by atoms with Crippen molar-refractivity contribution in [1.29, 1.82) is 0 Å². The van der Waals surface area contributed by atoms with Crippen LogP contribution in [0.4, 0.5) is 10.1 Å². The molecule has 0 radical (unpaired) electrons. The zero-order chi connectivity index (χ0) is 13.3. The van der Waals surface area contributed by atoms with E-state index in [1.54, 1.807) is 6.07 Å². The van der Waals surface area contributed by atoms with Crippen molar-refractivity contribution < 1.29 is 4.39 Å². The van der Waals surface area contributed by atoms with Gasteiger partial charge in [-0.15, -0.1) is 0 Å². The molecule has 1 fully saturated rings. The Labute approximate surface area is 116 Å². The van der Waals surface area contributed by atoms with Crippen molar-refractivity contribution >= 4 is 21.6 Å². The molecule has 1 aromatic carbocycles. The summed E-state index contributed by atoms with van der Waals surface area (Å²) in [6.45, 7) is 4.87. The topological polar surface area (TPSA) is 38.0 Å². The molecule has 1 aliphatic rings. The average molecular weight is 315 g/mol. The predicted molar refractivity (Wildman–Crippen MR) is 77.0 cm³/mol. The van der Waals surface area contributed by atoms with Crippen LogP contribution in [0.25, 0.3) is 0 Å². The highest BCUT2D eigenvalue weighted by Crippen LogP contribution is 2.39. The van der Waals surface area contributed by atoms with Gasteiger partial charge in [-0.25, -0.2) is 4.39 Å². The van der Waals surface area contributed by atoms with Crippen LogP contribution >= 0.6 is 15.9 Å². The van der Waals surface area contributed by atoms with Crippen LogP contribution in [0.3, 0.4) is 0 Å². The van der Waals surface area contributed by atoms with Gasteiger partial charge in [0.25, 0.3) is 0 Å². The summed E-state index contributed by atoms with van der Waals surface area (Å²) in [6, 6.07) is 4.02. The summed E-state index contributed by atoms with van der Waals surface area (Å²) < 4.78 is 14.6. The SMILES string of the molecule is CC1(C)CCC(Nc2ccc(CN)c(Br)c2F)C1. The fourth-order valence-corrected chi connectivity index (χ4v) is 3.15. The van der Waals surface area contributed by atoms with E-state index in [1.165, 1.54) is 6.42 Å². The smallest absolute Gasteiger partial charge is 0.160 e. The van der Waals surface area contributed by atoms with Crippen molar-refractivity contribution in [2.24, 2.45) is 11.1 Å². The van der Waals surface area contributed by atoms with E-state index < -0.39 is 0 Å². The van der Waals surface area contributed by atoms with Gasteiger partial charge in [0.05, 0.1) is 10.2 Å². The molecule has 0 aromatic heterocycles. The fraction of sp³-hybridized carbons (Fsp3) is 0.571. The Kier molecular flexibility index (Phi) is 3.97. The molecule has 1 atom stereocenters. The molecule has 2 rings (SSSR count). The van der Waals surface area contributed by atoms with Gasteiger partial charge in [0, 0.05) is 12.6 Å². The molecule has 3 N–H and O–H groups in total. The van der Waals surface area contributed by atoms with Gasteiger partial charge in [0.1, 0.15) is 0 Å². The van der Waals surface area contributed by atoms with Crippen LogP contribution in [-0.2, 0) is 6.54 Å². The van der Waals surface area contributed by atoms with Crippen LogP contribution < -0.4 is 11.1 Å². The minimum absolute atomic E-state index is 0.234. The van der Waals surface area contributed by atoms with Gasteiger partial charge in [-0.05, 0) is 52.2 Å². The molecule has 0 saturated heterocycles. The summed E-state index contributed by atoms with van der Waals surface area (Å²) >= 11 is 3.27. The van der Waals surface area contributed by atoms with Crippen LogP contribution in [-0.4, -0.2) is 6.04 Å². The molecular weight excluding hydrogens is 295 g/mol. The maximum atomic E-state index is 14.1. The van der Waals surface area contributed by atoms with Gasteiger partial charge >= 0.3 is 0 Å². The van der Waals surface area contributed by atoms with Crippen LogP contribution in [0, 0.1) is 11.2 Å². The van der Waals surface area contributed by atoms with Crippen molar-refractivity contribution in [3.63, 3.8) is 0 Å². The number of halogens is 2. The minimum Gasteiger partial charge on any atom is -0.380 e. The molecule has 0 bridgehead atoms. The lowest BCUT2D eigenvalue weighted by molar-refractivity contribution is 0.378. The lowest BCUT2D eigenvalue weighted by atomic mass is 9.92. The molecule has 0 heterocycles. The highest BCUT2D eigenvalue weighted by Gasteiger charge is 2.31. The van der Waals surface area contributed by atoms with E-state index in [0.717, 1.165) is 18.4 Å². The highest BCUT2D eigenvalue weighted by molar-refractivity contribution is 9.10. The molecule has 0 spiro atoms. The molecule has 1 unspecified atom stereocenters. The molecule has 100 valence electrons. The third-order valence-corrected chi connectivity index (χ3v) is 4.57. The fourth-order valence-electron chi connectivity index (χ4n) is 2.64. The summed E-state index contributed by atoms with van der Waals surface area (Å²) in [6.07, 6.45) is 3.37. The number of anilines is 1. The van der Waals surface area contributed by atoms with E-state index in [9.17, 15) is 4.39 Å². The molecule has 0 aliphatic heterocycles. The van der Waals surface area contributed by atoms with Crippen LogP contribution in [0.15, 0.2) is 16.6 Å². The van der Waals surface area contributed by atoms with Crippen molar-refractivity contribution in [2.45, 2.75) is 45.7 Å². The van der Waals surface area contributed by atoms with Gasteiger partial charge in [0.15, 0.2) is 5.82 Å². The lowest BCUT2D eigenvalue weighted by Gasteiger charge is -2.19. The second-order valence-electron chi connectivity index (χ2n) is 5.85. The maximum absolute atomic E-state index is 14.1. The van der Waals surface area contributed by atoms with Crippen LogP contribution in [0.2, 0.25) is 0 Å². The second-order valence-corrected chi connectivity index (χ2v) is 6.65. The van der Waals surface area contributed by atoms with E-state index >= 15 is 0 Å². The molecular formula is C14H20BrFN2. The summed E-state index contributed by atoms with van der Waals surface area (Å²) in [7, 11) is 0. The third-order valence-electron chi connectivity index (χ3n) is 3.71. The van der Waals surface area contributed by atoms with E-state index in [1.807, 2.05) is 6.07 Å². The zero-order valence-electron chi connectivity index (χ0n) is 10.9. The van der Waals surface area contributed by atoms with Gasteiger partial charge in [-0.3, -0.25) is 0 Å². The van der Waals surface area contributed by atoms with Gasteiger partial charge in [0.2, 0.25) is 0 Å². The molecule has 0 amide bonds. The Morgan fingerprint density at radius 3 is 2.78 bits per heavy atom. The van der Waals surface area contributed by atoms with Crippen molar-refractivity contribution in [3.8, 4) is 0 Å². The third kappa shape index (κ3) is 2.86. The highest BCUT2D eigenvalue weighted by atomic mass is 79.9. The number of hydrogen-bond acceptors (Lipinski definition) is 2. The van der Waals surface area contributed by atoms with Crippen molar-refractivity contribution in [2.75, 3.05) is 5.32 Å². The first-order valence-electron chi connectivity index (χ1n) is 6.36. The Balaban J connectivity index is 2.13. The lowest BCUT2D eigenvalue weighted by Crippen LogP contribution is -2.18. The van der Waals surface area contributed by atoms with Gasteiger partial charge in [-0.2, -0.15) is 0 Å². The standard InChI is InChI=1S/C14H20BrFN2/c1-14(2)6-5-10(7-14)18-11-4-3-9(8-17)12(15)13(11)16/h3-4,10,18H,5-8,17H2,1-2H3. The molecule has 4 heteroatoms. The molecule has 1 aliphatic carbocycles. The number of nitrogens with two attached hydrogens (primary N) is 1. The van der Waals surface area contributed by atoms with E-state index in [0.29, 0.717) is 28.2 Å². The molecule has 18 heavy (non-hydrogen) atoms. The zero-order valence-corrected chi connectivity index (χ0v) is 12.5. The van der Waals surface area contributed by atoms with Crippen LogP contribution in [0.5, 0.6) is 0 Å². The normalized spacial score (nSPS) is 22.2. The van der Waals surface area contributed by atoms with Gasteiger partial charge in [-0.1, -0.05) is 19.9 Å².